The number of hydrogen-bond donors (Lipinski definition) is 0. The number of nitrogens with zero attached hydrogens (tertiary/aromatic N) is 3. The maximum absolute atomic E-state index is 13.2. The summed E-state index contributed by atoms with van der Waals surface area (Å²) in [6, 6.07) is 11.7. The van der Waals surface area contributed by atoms with Gasteiger partial charge in [-0.1, -0.05) is 23.7 Å². The van der Waals surface area contributed by atoms with Crippen molar-refractivity contribution in [2.45, 2.75) is 24.3 Å². The Morgan fingerprint density at radius 1 is 0.933 bits per heavy atom. The van der Waals surface area contributed by atoms with Gasteiger partial charge >= 0.3 is 0 Å². The monoisotopic (exact) mass is 463 g/mol. The van der Waals surface area contributed by atoms with Crippen LogP contribution in [0.15, 0.2) is 41.3 Å². The van der Waals surface area contributed by atoms with E-state index in [4.69, 9.17) is 11.6 Å². The third-order valence-corrected chi connectivity index (χ3v) is 7.87. The second kappa shape index (κ2) is 10.2. The Balaban J connectivity index is 1.32. The molecule has 3 heterocycles. The number of halogens is 1. The van der Waals surface area contributed by atoms with Gasteiger partial charge in [0.2, 0.25) is 5.91 Å². The minimum Gasteiger partial charge on any atom is -0.342 e. The molecule has 2 fully saturated rings. The lowest BCUT2D eigenvalue weighted by Gasteiger charge is -2.34. The first-order valence-electron chi connectivity index (χ1n) is 10.4. The van der Waals surface area contributed by atoms with Gasteiger partial charge in [-0.2, -0.15) is 0 Å². The van der Waals surface area contributed by atoms with E-state index in [2.05, 4.69) is 11.0 Å². The number of thiophene rings is 1. The fourth-order valence-electron chi connectivity index (χ4n) is 3.90. The van der Waals surface area contributed by atoms with Crippen molar-refractivity contribution in [3.05, 3.63) is 51.2 Å². The molecule has 160 valence electrons. The van der Waals surface area contributed by atoms with Crippen LogP contribution < -0.4 is 0 Å². The Kier molecular flexibility index (Phi) is 7.36. The molecular formula is C22H26ClN3O2S2. The maximum Gasteiger partial charge on any atom is 0.255 e. The fraction of sp³-hybridized carbons (Fsp3) is 0.455. The van der Waals surface area contributed by atoms with Gasteiger partial charge in [0, 0.05) is 55.6 Å². The summed E-state index contributed by atoms with van der Waals surface area (Å²) in [6.07, 6.45) is 2.19. The zero-order valence-corrected chi connectivity index (χ0v) is 19.3. The average Bonchev–Trinajstić information content (AvgIpc) is 3.44. The zero-order chi connectivity index (χ0) is 20.9. The number of carbonyl (C=O) groups is 2. The number of hydrogen-bond acceptors (Lipinski definition) is 5. The van der Waals surface area contributed by atoms with Crippen molar-refractivity contribution in [1.29, 1.82) is 0 Å². The van der Waals surface area contributed by atoms with E-state index >= 15 is 0 Å². The molecule has 0 aliphatic carbocycles. The molecule has 8 heteroatoms. The molecule has 2 aliphatic rings. The fourth-order valence-corrected chi connectivity index (χ4v) is 5.98. The summed E-state index contributed by atoms with van der Waals surface area (Å²) in [5.74, 6) is 0.620. The highest BCUT2D eigenvalue weighted by Crippen LogP contribution is 2.26. The molecule has 0 radical (unpaired) electrons. The first-order chi connectivity index (χ1) is 14.6. The summed E-state index contributed by atoms with van der Waals surface area (Å²) < 4.78 is 0.816. The number of rotatable bonds is 6. The first-order valence-corrected chi connectivity index (χ1v) is 12.5. The van der Waals surface area contributed by atoms with Gasteiger partial charge in [0.25, 0.3) is 5.91 Å². The highest BCUT2D eigenvalue weighted by molar-refractivity contribution is 8.00. The Morgan fingerprint density at radius 3 is 2.37 bits per heavy atom. The molecule has 5 nitrogen and oxygen atoms in total. The van der Waals surface area contributed by atoms with Gasteiger partial charge in [0.15, 0.2) is 0 Å². The van der Waals surface area contributed by atoms with Crippen molar-refractivity contribution in [3.63, 3.8) is 0 Å². The summed E-state index contributed by atoms with van der Waals surface area (Å²) in [4.78, 5) is 33.9. The highest BCUT2D eigenvalue weighted by atomic mass is 35.5. The van der Waals surface area contributed by atoms with Crippen LogP contribution in [-0.4, -0.2) is 71.5 Å². The van der Waals surface area contributed by atoms with Gasteiger partial charge in [-0.3, -0.25) is 14.5 Å². The quantitative estimate of drug-likeness (QED) is 0.605. The minimum atomic E-state index is 0.0607. The topological polar surface area (TPSA) is 43.9 Å². The SMILES string of the molecule is O=C(CSc1ccccc1C(=O)N1CCN(Cc2ccc(Cl)s2)CC1)N1CCCC1. The molecule has 0 spiro atoms. The van der Waals surface area contributed by atoms with Crippen molar-refractivity contribution in [2.75, 3.05) is 45.0 Å². The lowest BCUT2D eigenvalue weighted by Crippen LogP contribution is -2.48. The van der Waals surface area contributed by atoms with Gasteiger partial charge in [-0.25, -0.2) is 0 Å². The van der Waals surface area contributed by atoms with Gasteiger partial charge in [-0.05, 0) is 37.1 Å². The molecule has 0 unspecified atom stereocenters. The summed E-state index contributed by atoms with van der Waals surface area (Å²) in [7, 11) is 0. The van der Waals surface area contributed by atoms with Crippen LogP contribution in [-0.2, 0) is 11.3 Å². The van der Waals surface area contributed by atoms with Gasteiger partial charge in [0.05, 0.1) is 15.7 Å². The predicted octanol–water partition coefficient (Wildman–Crippen LogP) is 4.07. The zero-order valence-electron chi connectivity index (χ0n) is 16.9. The molecule has 0 saturated carbocycles. The largest absolute Gasteiger partial charge is 0.342 e. The molecule has 2 aliphatic heterocycles. The van der Waals surface area contributed by atoms with E-state index in [0.29, 0.717) is 24.4 Å². The number of likely N-dealkylation sites (tertiary alicyclic amines) is 1. The van der Waals surface area contributed by atoms with Crippen molar-refractivity contribution < 1.29 is 9.59 Å². The van der Waals surface area contributed by atoms with E-state index in [9.17, 15) is 9.59 Å². The second-order valence-corrected chi connectivity index (χ2v) is 10.5. The van der Waals surface area contributed by atoms with E-state index in [1.54, 1.807) is 11.3 Å². The summed E-state index contributed by atoms with van der Waals surface area (Å²) in [6.45, 7) is 5.73. The third kappa shape index (κ3) is 5.38. The molecule has 0 N–H and O–H groups in total. The lowest BCUT2D eigenvalue weighted by molar-refractivity contribution is -0.127. The van der Waals surface area contributed by atoms with E-state index in [-0.39, 0.29) is 11.8 Å². The normalized spacial score (nSPS) is 17.5. The van der Waals surface area contributed by atoms with Crippen LogP contribution in [0.1, 0.15) is 28.1 Å². The predicted molar refractivity (Wildman–Crippen MR) is 123 cm³/mol. The Morgan fingerprint density at radius 2 is 1.67 bits per heavy atom. The second-order valence-electron chi connectivity index (χ2n) is 7.65. The van der Waals surface area contributed by atoms with Crippen LogP contribution in [0, 0.1) is 0 Å². The van der Waals surface area contributed by atoms with Crippen molar-refractivity contribution in [2.24, 2.45) is 0 Å². The molecule has 2 saturated heterocycles. The van der Waals surface area contributed by atoms with E-state index in [1.165, 1.54) is 16.6 Å². The third-order valence-electron chi connectivity index (χ3n) is 5.60. The number of piperazine rings is 1. The Hall–Kier alpha value is -1.54. The Labute approximate surface area is 191 Å². The maximum atomic E-state index is 13.2. The lowest BCUT2D eigenvalue weighted by atomic mass is 10.2. The molecule has 4 rings (SSSR count). The molecular weight excluding hydrogens is 438 g/mol. The molecule has 1 aromatic carbocycles. The van der Waals surface area contributed by atoms with Crippen LogP contribution >= 0.6 is 34.7 Å². The van der Waals surface area contributed by atoms with Gasteiger partial charge < -0.3 is 9.80 Å². The smallest absolute Gasteiger partial charge is 0.255 e. The number of amides is 2. The molecule has 30 heavy (non-hydrogen) atoms. The van der Waals surface area contributed by atoms with E-state index in [1.807, 2.05) is 40.1 Å². The number of thioether (sulfide) groups is 1. The standard InChI is InChI=1S/C22H26ClN3O2S2/c23-20-8-7-17(30-20)15-24-11-13-26(14-12-24)22(28)18-5-1-2-6-19(18)29-16-21(27)25-9-3-4-10-25/h1-2,5-8H,3-4,9-16H2. The minimum absolute atomic E-state index is 0.0607. The van der Waals surface area contributed by atoms with Crippen molar-refractivity contribution in [1.82, 2.24) is 14.7 Å². The molecule has 2 amide bonds. The summed E-state index contributed by atoms with van der Waals surface area (Å²) in [5.41, 5.74) is 0.704. The van der Waals surface area contributed by atoms with Gasteiger partial charge in [-0.15, -0.1) is 23.1 Å². The van der Waals surface area contributed by atoms with E-state index in [0.717, 1.165) is 54.8 Å². The Bertz CT molecular complexity index is 890. The van der Waals surface area contributed by atoms with Crippen LogP contribution in [0.3, 0.4) is 0 Å². The molecule has 2 aromatic rings. The van der Waals surface area contributed by atoms with Gasteiger partial charge in [0.1, 0.15) is 0 Å². The average molecular weight is 464 g/mol. The number of benzene rings is 1. The van der Waals surface area contributed by atoms with Crippen LogP contribution in [0.25, 0.3) is 0 Å². The first kappa shape index (κ1) is 21.7. The van der Waals surface area contributed by atoms with Crippen LogP contribution in [0.5, 0.6) is 0 Å². The van der Waals surface area contributed by atoms with Crippen molar-refractivity contribution >= 4 is 46.5 Å². The van der Waals surface area contributed by atoms with Crippen LogP contribution in [0.2, 0.25) is 4.34 Å². The molecule has 1 aromatic heterocycles. The molecule has 0 bridgehead atoms. The number of carbonyl (C=O) groups excluding carboxylic acids is 2. The van der Waals surface area contributed by atoms with Crippen LogP contribution in [0.4, 0.5) is 0 Å². The molecule has 0 atom stereocenters. The summed E-state index contributed by atoms with van der Waals surface area (Å²) in [5, 5.41) is 0. The highest BCUT2D eigenvalue weighted by Gasteiger charge is 2.25. The van der Waals surface area contributed by atoms with E-state index < -0.39 is 0 Å². The summed E-state index contributed by atoms with van der Waals surface area (Å²) >= 11 is 9.12. The van der Waals surface area contributed by atoms with Crippen molar-refractivity contribution in [3.8, 4) is 0 Å².